The van der Waals surface area contributed by atoms with Gasteiger partial charge in [0.05, 0.1) is 0 Å². The molecule has 0 aromatic carbocycles. The van der Waals surface area contributed by atoms with Crippen LogP contribution in [0, 0.1) is 11.3 Å². The SMILES string of the molecule is CCCCCC(C)(C)CNC(=O)N1CCCC(CO)C1. The summed E-state index contributed by atoms with van der Waals surface area (Å²) < 4.78 is 0. The molecule has 0 radical (unpaired) electrons. The van der Waals surface area contributed by atoms with Gasteiger partial charge in [-0.2, -0.15) is 0 Å². The number of rotatable bonds is 7. The van der Waals surface area contributed by atoms with Gasteiger partial charge in [0.1, 0.15) is 0 Å². The lowest BCUT2D eigenvalue weighted by atomic mass is 9.87. The minimum absolute atomic E-state index is 0.0340. The van der Waals surface area contributed by atoms with Crippen LogP contribution in [0.2, 0.25) is 0 Å². The van der Waals surface area contributed by atoms with Gasteiger partial charge < -0.3 is 15.3 Å². The molecule has 0 saturated carbocycles. The average molecular weight is 284 g/mol. The molecule has 2 amide bonds. The van der Waals surface area contributed by atoms with Crippen LogP contribution in [0.4, 0.5) is 4.79 Å². The van der Waals surface area contributed by atoms with Crippen molar-refractivity contribution in [2.45, 2.75) is 59.3 Å². The second-order valence-corrected chi connectivity index (χ2v) is 6.92. The Kier molecular flexibility index (Phi) is 7.35. The Labute approximate surface area is 123 Å². The minimum atomic E-state index is 0.0340. The maximum Gasteiger partial charge on any atom is 0.317 e. The van der Waals surface area contributed by atoms with Gasteiger partial charge in [-0.05, 0) is 30.6 Å². The quantitative estimate of drug-likeness (QED) is 0.706. The Bertz CT molecular complexity index is 292. The summed E-state index contributed by atoms with van der Waals surface area (Å²) in [6.45, 7) is 9.08. The number of aliphatic hydroxyl groups excluding tert-OH is 1. The molecule has 1 saturated heterocycles. The van der Waals surface area contributed by atoms with E-state index < -0.39 is 0 Å². The van der Waals surface area contributed by atoms with Crippen molar-refractivity contribution >= 4 is 6.03 Å². The minimum Gasteiger partial charge on any atom is -0.396 e. The van der Waals surface area contributed by atoms with Crippen molar-refractivity contribution in [3.05, 3.63) is 0 Å². The smallest absolute Gasteiger partial charge is 0.317 e. The van der Waals surface area contributed by atoms with Gasteiger partial charge in [0.2, 0.25) is 0 Å². The summed E-state index contributed by atoms with van der Waals surface area (Å²) in [6.07, 6.45) is 6.91. The molecular formula is C16H32N2O2. The first-order valence-electron chi connectivity index (χ1n) is 8.12. The zero-order chi connectivity index (χ0) is 15.0. The number of urea groups is 1. The second kappa shape index (κ2) is 8.50. The van der Waals surface area contributed by atoms with Crippen LogP contribution in [-0.2, 0) is 0 Å². The van der Waals surface area contributed by atoms with E-state index in [0.717, 1.165) is 32.4 Å². The largest absolute Gasteiger partial charge is 0.396 e. The van der Waals surface area contributed by atoms with Gasteiger partial charge in [0.15, 0.2) is 0 Å². The number of amides is 2. The Balaban J connectivity index is 2.30. The van der Waals surface area contributed by atoms with Crippen LogP contribution in [-0.4, -0.2) is 42.3 Å². The van der Waals surface area contributed by atoms with Crippen molar-refractivity contribution in [3.63, 3.8) is 0 Å². The number of piperidine rings is 1. The van der Waals surface area contributed by atoms with Gasteiger partial charge >= 0.3 is 6.03 Å². The maximum atomic E-state index is 12.2. The standard InChI is InChI=1S/C16H32N2O2/c1-4-5-6-9-16(2,3)13-17-15(20)18-10-7-8-14(11-18)12-19/h14,19H,4-13H2,1-3H3,(H,17,20). The molecule has 1 fully saturated rings. The van der Waals surface area contributed by atoms with Gasteiger partial charge in [-0.25, -0.2) is 4.79 Å². The van der Waals surface area contributed by atoms with E-state index in [-0.39, 0.29) is 24.0 Å². The third kappa shape index (κ3) is 6.12. The molecule has 1 atom stereocenters. The number of aliphatic hydroxyl groups is 1. The van der Waals surface area contributed by atoms with Gasteiger partial charge in [-0.3, -0.25) is 0 Å². The Morgan fingerprint density at radius 1 is 1.40 bits per heavy atom. The predicted octanol–water partition coefficient (Wildman–Crippen LogP) is 3.01. The Hall–Kier alpha value is -0.770. The first-order valence-corrected chi connectivity index (χ1v) is 8.12. The molecule has 20 heavy (non-hydrogen) atoms. The van der Waals surface area contributed by atoms with Crippen molar-refractivity contribution in [1.82, 2.24) is 10.2 Å². The molecule has 4 heteroatoms. The fourth-order valence-electron chi connectivity index (χ4n) is 2.77. The maximum absolute atomic E-state index is 12.2. The fraction of sp³-hybridized carbons (Fsp3) is 0.938. The molecule has 1 aliphatic heterocycles. The summed E-state index contributed by atoms with van der Waals surface area (Å²) in [7, 11) is 0. The van der Waals surface area contributed by atoms with Crippen LogP contribution in [0.25, 0.3) is 0 Å². The zero-order valence-electron chi connectivity index (χ0n) is 13.5. The van der Waals surface area contributed by atoms with Gasteiger partial charge in [0.25, 0.3) is 0 Å². The van der Waals surface area contributed by atoms with Gasteiger partial charge in [-0.15, -0.1) is 0 Å². The second-order valence-electron chi connectivity index (χ2n) is 6.92. The molecule has 4 nitrogen and oxygen atoms in total. The van der Waals surface area contributed by atoms with E-state index in [2.05, 4.69) is 26.1 Å². The number of carbonyl (C=O) groups excluding carboxylic acids is 1. The Morgan fingerprint density at radius 2 is 2.15 bits per heavy atom. The molecule has 0 aromatic heterocycles. The van der Waals surface area contributed by atoms with Crippen molar-refractivity contribution in [1.29, 1.82) is 0 Å². The number of nitrogens with one attached hydrogen (secondary N) is 1. The molecule has 0 bridgehead atoms. The lowest BCUT2D eigenvalue weighted by molar-refractivity contribution is 0.127. The fourth-order valence-corrected chi connectivity index (χ4v) is 2.77. The van der Waals surface area contributed by atoms with E-state index in [1.165, 1.54) is 19.3 Å². The molecule has 1 rings (SSSR count). The highest BCUT2D eigenvalue weighted by atomic mass is 16.3. The number of hydrogen-bond donors (Lipinski definition) is 2. The highest BCUT2D eigenvalue weighted by Gasteiger charge is 2.25. The van der Waals surface area contributed by atoms with E-state index in [1.807, 2.05) is 4.90 Å². The van der Waals surface area contributed by atoms with Crippen molar-refractivity contribution < 1.29 is 9.90 Å². The predicted molar refractivity (Wildman–Crippen MR) is 82.7 cm³/mol. The van der Waals surface area contributed by atoms with E-state index in [9.17, 15) is 9.90 Å². The monoisotopic (exact) mass is 284 g/mol. The van der Waals surface area contributed by atoms with Crippen LogP contribution in [0.1, 0.15) is 59.3 Å². The third-order valence-electron chi connectivity index (χ3n) is 4.24. The number of nitrogens with zero attached hydrogens (tertiary/aromatic N) is 1. The summed E-state index contributed by atoms with van der Waals surface area (Å²) >= 11 is 0. The molecule has 118 valence electrons. The van der Waals surface area contributed by atoms with Gasteiger partial charge in [0, 0.05) is 26.2 Å². The van der Waals surface area contributed by atoms with E-state index in [1.54, 1.807) is 0 Å². The lowest BCUT2D eigenvalue weighted by Gasteiger charge is -2.33. The highest BCUT2D eigenvalue weighted by molar-refractivity contribution is 5.74. The van der Waals surface area contributed by atoms with Crippen LogP contribution in [0.15, 0.2) is 0 Å². The molecule has 1 heterocycles. The lowest BCUT2D eigenvalue weighted by Crippen LogP contribution is -2.48. The van der Waals surface area contributed by atoms with Crippen LogP contribution in [0.5, 0.6) is 0 Å². The number of carbonyl (C=O) groups is 1. The molecule has 1 aliphatic rings. The van der Waals surface area contributed by atoms with Crippen LogP contribution >= 0.6 is 0 Å². The summed E-state index contributed by atoms with van der Waals surface area (Å²) in [5.74, 6) is 0.257. The number of hydrogen-bond acceptors (Lipinski definition) is 2. The topological polar surface area (TPSA) is 52.6 Å². The summed E-state index contributed by atoms with van der Waals surface area (Å²) in [5, 5.41) is 12.3. The first-order chi connectivity index (χ1) is 9.48. The van der Waals surface area contributed by atoms with Crippen LogP contribution < -0.4 is 5.32 Å². The molecule has 0 aliphatic carbocycles. The molecule has 1 unspecified atom stereocenters. The molecule has 0 spiro atoms. The first kappa shape index (κ1) is 17.3. The summed E-state index contributed by atoms with van der Waals surface area (Å²) in [6, 6.07) is 0.0340. The van der Waals surface area contributed by atoms with Crippen molar-refractivity contribution in [2.24, 2.45) is 11.3 Å². The summed E-state index contributed by atoms with van der Waals surface area (Å²) in [5.41, 5.74) is 0.164. The average Bonchev–Trinajstić information content (AvgIpc) is 2.45. The third-order valence-corrected chi connectivity index (χ3v) is 4.24. The zero-order valence-corrected chi connectivity index (χ0v) is 13.5. The summed E-state index contributed by atoms with van der Waals surface area (Å²) in [4.78, 5) is 14.0. The van der Waals surface area contributed by atoms with E-state index in [0.29, 0.717) is 6.54 Å². The molecule has 0 aromatic rings. The van der Waals surface area contributed by atoms with Crippen molar-refractivity contribution in [2.75, 3.05) is 26.2 Å². The normalized spacial score (nSPS) is 20.0. The molecular weight excluding hydrogens is 252 g/mol. The highest BCUT2D eigenvalue weighted by Crippen LogP contribution is 2.23. The van der Waals surface area contributed by atoms with E-state index in [4.69, 9.17) is 0 Å². The van der Waals surface area contributed by atoms with E-state index >= 15 is 0 Å². The number of unbranched alkanes of at least 4 members (excludes halogenated alkanes) is 2. The molecule has 2 N–H and O–H groups in total. The Morgan fingerprint density at radius 3 is 2.80 bits per heavy atom. The number of likely N-dealkylation sites (tertiary alicyclic amines) is 1. The van der Waals surface area contributed by atoms with Crippen molar-refractivity contribution in [3.8, 4) is 0 Å². The van der Waals surface area contributed by atoms with Crippen LogP contribution in [0.3, 0.4) is 0 Å². The van der Waals surface area contributed by atoms with Gasteiger partial charge in [-0.1, -0.05) is 40.0 Å².